The van der Waals surface area contributed by atoms with Gasteiger partial charge in [-0.05, 0) is 50.3 Å². The van der Waals surface area contributed by atoms with Crippen LogP contribution in [0.15, 0.2) is 58.3 Å². The van der Waals surface area contributed by atoms with Crippen molar-refractivity contribution in [3.8, 4) is 0 Å². The Labute approximate surface area is 150 Å². The van der Waals surface area contributed by atoms with Crippen LogP contribution in [0.2, 0.25) is 0 Å². The lowest BCUT2D eigenvalue weighted by Gasteiger charge is -2.24. The van der Waals surface area contributed by atoms with Crippen molar-refractivity contribution >= 4 is 21.2 Å². The highest BCUT2D eigenvalue weighted by atomic mass is 32.2. The summed E-state index contributed by atoms with van der Waals surface area (Å²) in [4.78, 5) is 5.28. The SMILES string of the molecule is CNc1cc(N2CCCN(C)CC2)ccc1S(=O)(=O)c1ccccc1. The predicted molar refractivity (Wildman–Crippen MR) is 102 cm³/mol. The molecule has 6 heteroatoms. The van der Waals surface area contributed by atoms with Gasteiger partial charge < -0.3 is 15.1 Å². The Balaban J connectivity index is 1.95. The van der Waals surface area contributed by atoms with Crippen LogP contribution >= 0.6 is 0 Å². The first-order chi connectivity index (χ1) is 12.0. The van der Waals surface area contributed by atoms with Crippen molar-refractivity contribution in [3.63, 3.8) is 0 Å². The number of sulfone groups is 1. The second-order valence-electron chi connectivity index (χ2n) is 6.39. The minimum atomic E-state index is -3.53. The van der Waals surface area contributed by atoms with E-state index in [4.69, 9.17) is 0 Å². The molecule has 0 unspecified atom stereocenters. The van der Waals surface area contributed by atoms with Gasteiger partial charge in [-0.1, -0.05) is 18.2 Å². The van der Waals surface area contributed by atoms with E-state index >= 15 is 0 Å². The standard InChI is InChI=1S/C19H25N3O2S/c1-20-18-15-16(22-12-6-11-21(2)13-14-22)9-10-19(18)25(23,24)17-7-4-3-5-8-17/h3-5,7-10,15,20H,6,11-14H2,1-2H3. The van der Waals surface area contributed by atoms with Crippen molar-refractivity contribution in [2.75, 3.05) is 50.5 Å². The van der Waals surface area contributed by atoms with Crippen molar-refractivity contribution in [2.24, 2.45) is 0 Å². The van der Waals surface area contributed by atoms with E-state index in [0.717, 1.165) is 38.3 Å². The number of nitrogens with zero attached hydrogens (tertiary/aromatic N) is 2. The molecule has 2 aromatic rings. The van der Waals surface area contributed by atoms with Gasteiger partial charge >= 0.3 is 0 Å². The van der Waals surface area contributed by atoms with Crippen LogP contribution < -0.4 is 10.2 Å². The maximum atomic E-state index is 12.9. The maximum absolute atomic E-state index is 12.9. The molecule has 25 heavy (non-hydrogen) atoms. The largest absolute Gasteiger partial charge is 0.387 e. The molecular weight excluding hydrogens is 334 g/mol. The highest BCUT2D eigenvalue weighted by Crippen LogP contribution is 2.31. The molecule has 1 saturated heterocycles. The summed E-state index contributed by atoms with van der Waals surface area (Å²) >= 11 is 0. The fraction of sp³-hybridized carbons (Fsp3) is 0.368. The lowest BCUT2D eigenvalue weighted by atomic mass is 10.2. The van der Waals surface area contributed by atoms with Gasteiger partial charge in [-0.3, -0.25) is 0 Å². The summed E-state index contributed by atoms with van der Waals surface area (Å²) in [5.41, 5.74) is 1.70. The number of hydrogen-bond acceptors (Lipinski definition) is 5. The first-order valence-corrected chi connectivity index (χ1v) is 10.1. The molecule has 0 saturated carbocycles. The topological polar surface area (TPSA) is 52.6 Å². The third kappa shape index (κ3) is 3.80. The van der Waals surface area contributed by atoms with E-state index < -0.39 is 9.84 Å². The van der Waals surface area contributed by atoms with Gasteiger partial charge in [-0.25, -0.2) is 8.42 Å². The van der Waals surface area contributed by atoms with Crippen LogP contribution in [0.25, 0.3) is 0 Å². The van der Waals surface area contributed by atoms with Crippen molar-refractivity contribution in [1.29, 1.82) is 0 Å². The lowest BCUT2D eigenvalue weighted by molar-refractivity contribution is 0.360. The Morgan fingerprint density at radius 2 is 1.72 bits per heavy atom. The highest BCUT2D eigenvalue weighted by Gasteiger charge is 2.22. The quantitative estimate of drug-likeness (QED) is 0.910. The fourth-order valence-electron chi connectivity index (χ4n) is 3.18. The van der Waals surface area contributed by atoms with Gasteiger partial charge in [-0.15, -0.1) is 0 Å². The van der Waals surface area contributed by atoms with Crippen molar-refractivity contribution < 1.29 is 8.42 Å². The molecule has 3 rings (SSSR count). The van der Waals surface area contributed by atoms with Gasteiger partial charge in [0, 0.05) is 32.4 Å². The Bertz CT molecular complexity index is 822. The normalized spacial score (nSPS) is 16.5. The van der Waals surface area contributed by atoms with Crippen molar-refractivity contribution in [3.05, 3.63) is 48.5 Å². The molecule has 0 bridgehead atoms. The van der Waals surface area contributed by atoms with Crippen molar-refractivity contribution in [1.82, 2.24) is 4.90 Å². The number of nitrogens with one attached hydrogen (secondary N) is 1. The van der Waals surface area contributed by atoms with E-state index in [0.29, 0.717) is 15.5 Å². The molecule has 0 atom stereocenters. The van der Waals surface area contributed by atoms with Crippen LogP contribution in [-0.4, -0.2) is 53.6 Å². The summed E-state index contributed by atoms with van der Waals surface area (Å²) in [6, 6.07) is 14.2. The number of hydrogen-bond donors (Lipinski definition) is 1. The predicted octanol–water partition coefficient (Wildman–Crippen LogP) is 2.70. The third-order valence-electron chi connectivity index (χ3n) is 4.66. The van der Waals surface area contributed by atoms with Crippen molar-refractivity contribution in [2.45, 2.75) is 16.2 Å². The summed E-state index contributed by atoms with van der Waals surface area (Å²) in [5.74, 6) is 0. The van der Waals surface area contributed by atoms with Crippen LogP contribution in [0.3, 0.4) is 0 Å². The fourth-order valence-corrected chi connectivity index (χ4v) is 4.64. The first kappa shape index (κ1) is 17.8. The van der Waals surface area contributed by atoms with E-state index in [-0.39, 0.29) is 0 Å². The van der Waals surface area contributed by atoms with Crippen LogP contribution in [0.5, 0.6) is 0 Å². The van der Waals surface area contributed by atoms with Crippen LogP contribution in [0, 0.1) is 0 Å². The number of rotatable bonds is 4. The summed E-state index contributed by atoms with van der Waals surface area (Å²) in [6.45, 7) is 4.04. The van der Waals surface area contributed by atoms with Gasteiger partial charge in [-0.2, -0.15) is 0 Å². The third-order valence-corrected chi connectivity index (χ3v) is 6.49. The van der Waals surface area contributed by atoms with Gasteiger partial charge in [0.2, 0.25) is 9.84 Å². The second-order valence-corrected chi connectivity index (χ2v) is 8.31. The molecule has 5 nitrogen and oxygen atoms in total. The molecule has 0 spiro atoms. The Hall–Kier alpha value is -2.05. The highest BCUT2D eigenvalue weighted by molar-refractivity contribution is 7.91. The molecule has 134 valence electrons. The number of anilines is 2. The second kappa shape index (κ2) is 7.45. The van der Waals surface area contributed by atoms with E-state index in [2.05, 4.69) is 22.2 Å². The van der Waals surface area contributed by atoms with E-state index in [1.807, 2.05) is 18.2 Å². The Kier molecular flexibility index (Phi) is 5.30. The smallest absolute Gasteiger partial charge is 0.208 e. The summed E-state index contributed by atoms with van der Waals surface area (Å²) < 4.78 is 25.9. The molecule has 1 fully saturated rings. The van der Waals surface area contributed by atoms with Crippen LogP contribution in [0.4, 0.5) is 11.4 Å². The van der Waals surface area contributed by atoms with Gasteiger partial charge in [0.15, 0.2) is 0 Å². The molecular formula is C19H25N3O2S. The molecule has 0 aliphatic carbocycles. The van der Waals surface area contributed by atoms with Crippen LogP contribution in [-0.2, 0) is 9.84 Å². The maximum Gasteiger partial charge on any atom is 0.208 e. The first-order valence-electron chi connectivity index (χ1n) is 8.58. The molecule has 1 aliphatic heterocycles. The molecule has 1 N–H and O–H groups in total. The lowest BCUT2D eigenvalue weighted by Crippen LogP contribution is -2.28. The van der Waals surface area contributed by atoms with E-state index in [9.17, 15) is 8.42 Å². The Morgan fingerprint density at radius 1 is 0.960 bits per heavy atom. The van der Waals surface area contributed by atoms with Crippen LogP contribution in [0.1, 0.15) is 6.42 Å². The molecule has 0 radical (unpaired) electrons. The average molecular weight is 359 g/mol. The number of likely N-dealkylation sites (N-methyl/N-ethyl adjacent to an activating group) is 1. The molecule has 0 aromatic heterocycles. The average Bonchev–Trinajstić information content (AvgIpc) is 2.86. The zero-order chi connectivity index (χ0) is 17.9. The minimum absolute atomic E-state index is 0.315. The molecule has 2 aromatic carbocycles. The monoisotopic (exact) mass is 359 g/mol. The summed E-state index contributed by atoms with van der Waals surface area (Å²) in [7, 11) is 0.366. The zero-order valence-electron chi connectivity index (χ0n) is 14.8. The van der Waals surface area contributed by atoms with Gasteiger partial charge in [0.25, 0.3) is 0 Å². The summed E-state index contributed by atoms with van der Waals surface area (Å²) in [5, 5.41) is 3.06. The van der Waals surface area contributed by atoms with E-state index in [1.165, 1.54) is 0 Å². The van der Waals surface area contributed by atoms with Gasteiger partial charge in [0.1, 0.15) is 0 Å². The molecule has 0 amide bonds. The zero-order valence-corrected chi connectivity index (χ0v) is 15.6. The Morgan fingerprint density at radius 3 is 2.44 bits per heavy atom. The summed E-state index contributed by atoms with van der Waals surface area (Å²) in [6.07, 6.45) is 1.11. The van der Waals surface area contributed by atoms with Gasteiger partial charge in [0.05, 0.1) is 15.5 Å². The number of benzene rings is 2. The molecule has 1 heterocycles. The van der Waals surface area contributed by atoms with E-state index in [1.54, 1.807) is 37.4 Å². The minimum Gasteiger partial charge on any atom is -0.387 e. The molecule has 1 aliphatic rings.